The summed E-state index contributed by atoms with van der Waals surface area (Å²) in [4.78, 5) is 31.2. The van der Waals surface area contributed by atoms with Crippen LogP contribution in [0.15, 0.2) is 56.2 Å². The number of halogens is 1. The molecule has 1 N–H and O–H groups in total. The number of thioether (sulfide) groups is 1. The van der Waals surface area contributed by atoms with Crippen LogP contribution in [0.3, 0.4) is 0 Å². The van der Waals surface area contributed by atoms with E-state index in [9.17, 15) is 9.59 Å². The molecule has 0 aliphatic heterocycles. The van der Waals surface area contributed by atoms with Gasteiger partial charge < -0.3 is 4.57 Å². The fourth-order valence-corrected chi connectivity index (χ4v) is 3.99. The molecule has 27 heavy (non-hydrogen) atoms. The first kappa shape index (κ1) is 19.5. The van der Waals surface area contributed by atoms with Crippen LogP contribution in [0.2, 0.25) is 0 Å². The van der Waals surface area contributed by atoms with E-state index in [0.29, 0.717) is 33.7 Å². The van der Waals surface area contributed by atoms with Crippen LogP contribution in [-0.4, -0.2) is 24.9 Å². The molecule has 0 spiro atoms. The Morgan fingerprint density at radius 1 is 1.30 bits per heavy atom. The zero-order valence-corrected chi connectivity index (χ0v) is 16.8. The summed E-state index contributed by atoms with van der Waals surface area (Å²) >= 11 is 7.40. The third-order valence-corrected chi connectivity index (χ3v) is 5.30. The molecule has 3 aromatic rings. The van der Waals surface area contributed by atoms with Gasteiger partial charge in [-0.25, -0.2) is 9.78 Å². The molecule has 0 saturated carbocycles. The molecule has 0 radical (unpaired) electrons. The van der Waals surface area contributed by atoms with Crippen molar-refractivity contribution in [1.29, 1.82) is 0 Å². The Morgan fingerprint density at radius 3 is 2.74 bits per heavy atom. The van der Waals surface area contributed by atoms with Gasteiger partial charge in [-0.2, -0.15) is 0 Å². The molecule has 8 heteroatoms. The number of H-pyrrole nitrogens is 1. The molecule has 0 atom stereocenters. The van der Waals surface area contributed by atoms with Gasteiger partial charge in [0.15, 0.2) is 16.3 Å². The summed E-state index contributed by atoms with van der Waals surface area (Å²) in [6.45, 7) is 2.46. The Hall–Kier alpha value is -2.25. The lowest BCUT2D eigenvalue weighted by atomic mass is 10.1. The largest absolute Gasteiger partial charge is 0.329 e. The molecular formula is C19H21ClN4O2S. The summed E-state index contributed by atoms with van der Waals surface area (Å²) in [6, 6.07) is 10.2. The Bertz CT molecular complexity index is 1080. The van der Waals surface area contributed by atoms with Crippen molar-refractivity contribution in [2.24, 2.45) is 7.05 Å². The number of fused-ring (bicyclic) bond motifs is 1. The van der Waals surface area contributed by atoms with E-state index in [1.54, 1.807) is 7.05 Å². The first-order valence-electron chi connectivity index (χ1n) is 8.66. The van der Waals surface area contributed by atoms with E-state index in [0.717, 1.165) is 12.8 Å². The van der Waals surface area contributed by atoms with Gasteiger partial charge in [-0.3, -0.25) is 14.3 Å². The van der Waals surface area contributed by atoms with Gasteiger partial charge in [0.25, 0.3) is 5.56 Å². The first-order chi connectivity index (χ1) is 13.0. The number of imidazole rings is 1. The quantitative estimate of drug-likeness (QED) is 0.613. The minimum atomic E-state index is -0.463. The molecule has 0 fully saturated rings. The number of rotatable bonds is 7. The second-order valence-electron chi connectivity index (χ2n) is 6.23. The van der Waals surface area contributed by atoms with Gasteiger partial charge >= 0.3 is 5.69 Å². The van der Waals surface area contributed by atoms with Gasteiger partial charge in [0, 0.05) is 24.4 Å². The molecule has 0 amide bonds. The van der Waals surface area contributed by atoms with Crippen LogP contribution in [0.25, 0.3) is 11.2 Å². The Labute approximate surface area is 165 Å². The monoisotopic (exact) mass is 404 g/mol. The predicted octanol–water partition coefficient (Wildman–Crippen LogP) is 3.29. The predicted molar refractivity (Wildman–Crippen MR) is 111 cm³/mol. The maximum Gasteiger partial charge on any atom is 0.329 e. The van der Waals surface area contributed by atoms with Crippen LogP contribution in [0.5, 0.6) is 0 Å². The molecule has 3 rings (SSSR count). The molecule has 2 heterocycles. The summed E-state index contributed by atoms with van der Waals surface area (Å²) in [5.74, 6) is 0.642. The third-order valence-electron chi connectivity index (χ3n) is 4.24. The van der Waals surface area contributed by atoms with Crippen LogP contribution in [-0.2, 0) is 20.0 Å². The van der Waals surface area contributed by atoms with Crippen molar-refractivity contribution >= 4 is 34.5 Å². The Kier molecular flexibility index (Phi) is 6.23. The van der Waals surface area contributed by atoms with Crippen LogP contribution in [0.1, 0.15) is 18.9 Å². The van der Waals surface area contributed by atoms with Crippen molar-refractivity contribution in [2.75, 3.05) is 5.75 Å². The second-order valence-corrected chi connectivity index (χ2v) is 7.81. The number of hydrogen-bond acceptors (Lipinski definition) is 4. The molecule has 0 unspecified atom stereocenters. The van der Waals surface area contributed by atoms with Crippen molar-refractivity contribution in [3.8, 4) is 0 Å². The van der Waals surface area contributed by atoms with Crippen molar-refractivity contribution in [2.45, 2.75) is 31.5 Å². The first-order valence-corrected chi connectivity index (χ1v) is 10.0. The fourth-order valence-electron chi connectivity index (χ4n) is 2.85. The average Bonchev–Trinajstić information content (AvgIpc) is 3.00. The number of aromatic nitrogens is 4. The molecule has 6 nitrogen and oxygen atoms in total. The van der Waals surface area contributed by atoms with E-state index < -0.39 is 11.2 Å². The number of nitrogens with zero attached hydrogens (tertiary/aromatic N) is 3. The normalized spacial score (nSPS) is 12.0. The highest BCUT2D eigenvalue weighted by Gasteiger charge is 2.17. The fraction of sp³-hybridized carbons (Fsp3) is 0.316. The number of aromatic amines is 1. The van der Waals surface area contributed by atoms with Gasteiger partial charge in [0.2, 0.25) is 0 Å². The molecule has 0 aliphatic carbocycles. The van der Waals surface area contributed by atoms with E-state index >= 15 is 0 Å². The van der Waals surface area contributed by atoms with Crippen molar-refractivity contribution in [3.05, 3.63) is 67.8 Å². The van der Waals surface area contributed by atoms with Crippen LogP contribution < -0.4 is 11.2 Å². The minimum absolute atomic E-state index is 0.400. The number of benzene rings is 1. The summed E-state index contributed by atoms with van der Waals surface area (Å²) in [7, 11) is 1.61. The van der Waals surface area contributed by atoms with Crippen LogP contribution >= 0.6 is 23.4 Å². The summed E-state index contributed by atoms with van der Waals surface area (Å²) in [5, 5.41) is 1.42. The smallest absolute Gasteiger partial charge is 0.313 e. The summed E-state index contributed by atoms with van der Waals surface area (Å²) < 4.78 is 3.27. The number of nitrogens with one attached hydrogen (secondary N) is 1. The van der Waals surface area contributed by atoms with Gasteiger partial charge in [-0.15, -0.1) is 0 Å². The number of hydrogen-bond donors (Lipinski definition) is 1. The Morgan fingerprint density at radius 2 is 2.04 bits per heavy atom. The minimum Gasteiger partial charge on any atom is -0.313 e. The zero-order valence-electron chi connectivity index (χ0n) is 15.2. The summed E-state index contributed by atoms with van der Waals surface area (Å²) in [6.07, 6.45) is 3.65. The third kappa shape index (κ3) is 4.54. The second kappa shape index (κ2) is 8.63. The SMILES string of the molecule is CC(Cl)=CCSc1nc2c(c(=O)[nH]c(=O)n2C)n1CCCc1ccccc1. The van der Waals surface area contributed by atoms with Gasteiger partial charge in [0.1, 0.15) is 0 Å². The highest BCUT2D eigenvalue weighted by Crippen LogP contribution is 2.23. The van der Waals surface area contributed by atoms with Gasteiger partial charge in [0.05, 0.1) is 0 Å². The molecule has 1 aromatic carbocycles. The molecule has 0 saturated heterocycles. The molecule has 2 aromatic heterocycles. The lowest BCUT2D eigenvalue weighted by Crippen LogP contribution is -2.29. The van der Waals surface area contributed by atoms with E-state index in [-0.39, 0.29) is 0 Å². The molecular weight excluding hydrogens is 384 g/mol. The zero-order chi connectivity index (χ0) is 19.4. The van der Waals surface area contributed by atoms with E-state index in [4.69, 9.17) is 11.6 Å². The highest BCUT2D eigenvalue weighted by molar-refractivity contribution is 7.99. The topological polar surface area (TPSA) is 72.7 Å². The van der Waals surface area contributed by atoms with Crippen molar-refractivity contribution < 1.29 is 0 Å². The molecule has 0 aliphatic rings. The van der Waals surface area contributed by atoms with E-state index in [1.165, 1.54) is 21.9 Å². The lowest BCUT2D eigenvalue weighted by Gasteiger charge is -2.08. The van der Waals surface area contributed by atoms with E-state index in [2.05, 4.69) is 22.1 Å². The maximum atomic E-state index is 12.4. The standard InChI is InChI=1S/C19H21ClN4O2S/c1-13(20)10-12-27-19-21-16-15(17(25)22-18(26)23(16)2)24(19)11-6-9-14-7-4-3-5-8-14/h3-5,7-8,10H,6,9,11-12H2,1-2H3,(H,22,25,26). The summed E-state index contributed by atoms with van der Waals surface area (Å²) in [5.41, 5.74) is 1.21. The maximum absolute atomic E-state index is 12.4. The molecule has 0 bridgehead atoms. The van der Waals surface area contributed by atoms with Gasteiger partial charge in [-0.1, -0.05) is 59.8 Å². The van der Waals surface area contributed by atoms with Crippen LogP contribution in [0.4, 0.5) is 0 Å². The van der Waals surface area contributed by atoms with Crippen molar-refractivity contribution in [3.63, 3.8) is 0 Å². The number of allylic oxidation sites excluding steroid dienone is 1. The number of aryl methyl sites for hydroxylation is 3. The van der Waals surface area contributed by atoms with Crippen LogP contribution in [0, 0.1) is 0 Å². The highest BCUT2D eigenvalue weighted by atomic mass is 35.5. The van der Waals surface area contributed by atoms with Gasteiger partial charge in [-0.05, 0) is 25.3 Å². The van der Waals surface area contributed by atoms with Crippen molar-refractivity contribution in [1.82, 2.24) is 19.1 Å². The Balaban J connectivity index is 1.94. The van der Waals surface area contributed by atoms with E-state index in [1.807, 2.05) is 35.8 Å². The average molecular weight is 405 g/mol. The molecule has 142 valence electrons. The lowest BCUT2D eigenvalue weighted by molar-refractivity contribution is 0.608.